The van der Waals surface area contributed by atoms with Crippen LogP contribution in [0.2, 0.25) is 0 Å². The van der Waals surface area contributed by atoms with E-state index in [0.29, 0.717) is 23.7 Å². The molecule has 0 saturated carbocycles. The van der Waals surface area contributed by atoms with Crippen LogP contribution in [-0.2, 0) is 13.0 Å². The number of pyridine rings is 1. The molecule has 4 rings (SSSR count). The summed E-state index contributed by atoms with van der Waals surface area (Å²) in [5.74, 6) is 1.24. The quantitative estimate of drug-likeness (QED) is 0.598. The van der Waals surface area contributed by atoms with Crippen LogP contribution in [0.3, 0.4) is 0 Å². The Morgan fingerprint density at radius 1 is 1.10 bits per heavy atom. The van der Waals surface area contributed by atoms with Crippen molar-refractivity contribution in [2.24, 2.45) is 5.92 Å². The molecule has 5 heteroatoms. The van der Waals surface area contributed by atoms with Crippen molar-refractivity contribution in [1.82, 2.24) is 19.4 Å². The van der Waals surface area contributed by atoms with Gasteiger partial charge in [0.05, 0.1) is 16.6 Å². The third kappa shape index (κ3) is 4.47. The number of rotatable bonds is 6. The second-order valence-corrected chi connectivity index (χ2v) is 8.58. The largest absolute Gasteiger partial charge is 0.314 e. The number of hydrogen-bond donors (Lipinski definition) is 0. The zero-order valence-corrected chi connectivity index (χ0v) is 18.9. The van der Waals surface area contributed by atoms with Gasteiger partial charge in [0.2, 0.25) is 0 Å². The zero-order chi connectivity index (χ0) is 22.0. The van der Waals surface area contributed by atoms with E-state index in [2.05, 4.69) is 52.6 Å². The fraction of sp³-hybridized carbons (Fsp3) is 0.423. The molecule has 162 valence electrons. The molecule has 0 bridgehead atoms. The maximum absolute atomic E-state index is 12.9. The summed E-state index contributed by atoms with van der Waals surface area (Å²) in [4.78, 5) is 24.2. The number of aromatic nitrogens is 3. The smallest absolute Gasteiger partial charge is 0.261 e. The molecule has 3 heterocycles. The Bertz CT molecular complexity index is 1160. The lowest BCUT2D eigenvalue weighted by atomic mass is 9.84. The highest BCUT2D eigenvalue weighted by Crippen LogP contribution is 2.32. The lowest BCUT2D eigenvalue weighted by Crippen LogP contribution is -2.37. The van der Waals surface area contributed by atoms with Crippen molar-refractivity contribution in [2.75, 3.05) is 19.6 Å². The van der Waals surface area contributed by atoms with Crippen molar-refractivity contribution in [3.63, 3.8) is 0 Å². The first-order valence-electron chi connectivity index (χ1n) is 11.3. The number of likely N-dealkylation sites (tertiary alicyclic amines) is 1. The molecular formula is C26H32N4O. The van der Waals surface area contributed by atoms with Crippen molar-refractivity contribution < 1.29 is 0 Å². The predicted molar refractivity (Wildman–Crippen MR) is 127 cm³/mol. The minimum atomic E-state index is 0.00874. The van der Waals surface area contributed by atoms with Gasteiger partial charge < -0.3 is 9.47 Å². The SMILES string of the molecule is C=C(c1ccccc1CC)C1CCN(CCn2ccc3nc(C)nc(C)c3c2=O)CC1. The van der Waals surface area contributed by atoms with Crippen molar-refractivity contribution in [3.05, 3.63) is 76.1 Å². The van der Waals surface area contributed by atoms with Gasteiger partial charge >= 0.3 is 0 Å². The summed E-state index contributed by atoms with van der Waals surface area (Å²) >= 11 is 0. The summed E-state index contributed by atoms with van der Waals surface area (Å²) in [6, 6.07) is 10.6. The number of hydrogen-bond acceptors (Lipinski definition) is 4. The van der Waals surface area contributed by atoms with Gasteiger partial charge in [0.15, 0.2) is 0 Å². The van der Waals surface area contributed by atoms with Gasteiger partial charge in [-0.2, -0.15) is 0 Å². The maximum atomic E-state index is 12.9. The van der Waals surface area contributed by atoms with Crippen LogP contribution < -0.4 is 5.56 Å². The Balaban J connectivity index is 1.38. The number of piperidine rings is 1. The van der Waals surface area contributed by atoms with Gasteiger partial charge in [-0.15, -0.1) is 0 Å². The third-order valence-corrected chi connectivity index (χ3v) is 6.60. The minimum absolute atomic E-state index is 0.00874. The second-order valence-electron chi connectivity index (χ2n) is 8.58. The summed E-state index contributed by atoms with van der Waals surface area (Å²) in [6.45, 7) is 14.1. The highest BCUT2D eigenvalue weighted by atomic mass is 16.1. The van der Waals surface area contributed by atoms with E-state index in [4.69, 9.17) is 0 Å². The fourth-order valence-electron chi connectivity index (χ4n) is 4.79. The van der Waals surface area contributed by atoms with Gasteiger partial charge in [-0.05, 0) is 74.9 Å². The normalized spacial score (nSPS) is 15.5. The highest BCUT2D eigenvalue weighted by Gasteiger charge is 2.23. The molecule has 0 N–H and O–H groups in total. The topological polar surface area (TPSA) is 51.0 Å². The standard InChI is InChI=1S/C26H32N4O/c1-5-21-8-6-7-9-23(21)18(2)22-10-13-29(14-11-22)16-17-30-15-12-24-25(26(30)31)19(3)27-20(4)28-24/h6-9,12,15,22H,2,5,10-11,13-14,16-17H2,1,3-4H3. The van der Waals surface area contributed by atoms with E-state index >= 15 is 0 Å². The Kier molecular flexibility index (Phi) is 6.33. The average molecular weight is 417 g/mol. The van der Waals surface area contributed by atoms with Crippen LogP contribution in [-0.4, -0.2) is 39.1 Å². The van der Waals surface area contributed by atoms with E-state index < -0.39 is 0 Å². The van der Waals surface area contributed by atoms with Crippen LogP contribution >= 0.6 is 0 Å². The minimum Gasteiger partial charge on any atom is -0.314 e. The fourth-order valence-corrected chi connectivity index (χ4v) is 4.79. The van der Waals surface area contributed by atoms with Crippen LogP contribution in [0, 0.1) is 19.8 Å². The third-order valence-electron chi connectivity index (χ3n) is 6.60. The summed E-state index contributed by atoms with van der Waals surface area (Å²) in [7, 11) is 0. The first kappa shape index (κ1) is 21.4. The van der Waals surface area contributed by atoms with E-state index in [9.17, 15) is 4.79 Å². The molecule has 0 amide bonds. The summed E-state index contributed by atoms with van der Waals surface area (Å²) < 4.78 is 1.80. The van der Waals surface area contributed by atoms with Crippen molar-refractivity contribution in [1.29, 1.82) is 0 Å². The van der Waals surface area contributed by atoms with Crippen molar-refractivity contribution >= 4 is 16.5 Å². The van der Waals surface area contributed by atoms with E-state index in [1.807, 2.05) is 26.1 Å². The molecule has 0 spiro atoms. The number of nitrogens with zero attached hydrogens (tertiary/aromatic N) is 4. The van der Waals surface area contributed by atoms with E-state index in [1.54, 1.807) is 4.57 Å². The molecule has 1 aliphatic rings. The highest BCUT2D eigenvalue weighted by molar-refractivity contribution is 5.79. The van der Waals surface area contributed by atoms with E-state index in [0.717, 1.165) is 50.1 Å². The molecule has 0 unspecified atom stereocenters. The maximum Gasteiger partial charge on any atom is 0.261 e. The van der Waals surface area contributed by atoms with E-state index in [-0.39, 0.29) is 5.56 Å². The summed E-state index contributed by atoms with van der Waals surface area (Å²) in [6.07, 6.45) is 5.15. The Morgan fingerprint density at radius 2 is 1.84 bits per heavy atom. The first-order chi connectivity index (χ1) is 15.0. The lowest BCUT2D eigenvalue weighted by molar-refractivity contribution is 0.199. The molecule has 1 aromatic carbocycles. The Morgan fingerprint density at radius 3 is 2.58 bits per heavy atom. The average Bonchev–Trinajstić information content (AvgIpc) is 2.78. The van der Waals surface area contributed by atoms with Crippen LogP contribution in [0.1, 0.15) is 42.4 Å². The predicted octanol–water partition coefficient (Wildman–Crippen LogP) is 4.40. The zero-order valence-electron chi connectivity index (χ0n) is 18.9. The molecule has 0 radical (unpaired) electrons. The molecule has 0 aliphatic carbocycles. The van der Waals surface area contributed by atoms with Crippen LogP contribution in [0.4, 0.5) is 0 Å². The molecule has 5 nitrogen and oxygen atoms in total. The van der Waals surface area contributed by atoms with Crippen LogP contribution in [0.15, 0.2) is 47.9 Å². The molecule has 31 heavy (non-hydrogen) atoms. The molecular weight excluding hydrogens is 384 g/mol. The van der Waals surface area contributed by atoms with Gasteiger partial charge in [-0.1, -0.05) is 37.8 Å². The lowest BCUT2D eigenvalue weighted by Gasteiger charge is -2.33. The van der Waals surface area contributed by atoms with Crippen molar-refractivity contribution in [3.8, 4) is 0 Å². The van der Waals surface area contributed by atoms with Crippen molar-refractivity contribution in [2.45, 2.75) is 46.6 Å². The first-order valence-corrected chi connectivity index (χ1v) is 11.3. The van der Waals surface area contributed by atoms with Gasteiger partial charge in [0.25, 0.3) is 5.56 Å². The van der Waals surface area contributed by atoms with Gasteiger partial charge in [0.1, 0.15) is 5.82 Å². The Hall–Kier alpha value is -2.79. The second kappa shape index (κ2) is 9.15. The number of aryl methyl sites for hydroxylation is 3. The molecule has 2 aromatic heterocycles. The molecule has 0 atom stereocenters. The van der Waals surface area contributed by atoms with Gasteiger partial charge in [0, 0.05) is 19.3 Å². The van der Waals surface area contributed by atoms with Gasteiger partial charge in [-0.25, -0.2) is 9.97 Å². The van der Waals surface area contributed by atoms with Gasteiger partial charge in [-0.3, -0.25) is 4.79 Å². The summed E-state index contributed by atoms with van der Waals surface area (Å²) in [5.41, 5.74) is 5.51. The monoisotopic (exact) mass is 416 g/mol. The molecule has 1 fully saturated rings. The number of allylic oxidation sites excluding steroid dienone is 1. The molecule has 1 saturated heterocycles. The number of benzene rings is 1. The van der Waals surface area contributed by atoms with Crippen LogP contribution in [0.5, 0.6) is 0 Å². The Labute approximate surface area is 184 Å². The summed E-state index contributed by atoms with van der Waals surface area (Å²) in [5, 5.41) is 0.637. The van der Waals surface area contributed by atoms with E-state index in [1.165, 1.54) is 16.7 Å². The number of fused-ring (bicyclic) bond motifs is 1. The molecule has 3 aromatic rings. The van der Waals surface area contributed by atoms with Crippen LogP contribution in [0.25, 0.3) is 16.5 Å². The molecule has 1 aliphatic heterocycles.